The second-order valence-electron chi connectivity index (χ2n) is 12.2. The molecule has 0 spiro atoms. The lowest BCUT2D eigenvalue weighted by molar-refractivity contribution is 0.194. The highest BCUT2D eigenvalue weighted by molar-refractivity contribution is 7.00. The van der Waals surface area contributed by atoms with Crippen molar-refractivity contribution in [1.29, 1.82) is 0 Å². The van der Waals surface area contributed by atoms with Crippen molar-refractivity contribution in [3.8, 4) is 0 Å². The van der Waals surface area contributed by atoms with Crippen molar-refractivity contribution in [1.82, 2.24) is 0 Å². The molecule has 2 nitrogen and oxygen atoms in total. The molecule has 37 heavy (non-hydrogen) atoms. The highest BCUT2D eigenvalue weighted by Gasteiger charge is 2.61. The van der Waals surface area contributed by atoms with Crippen LogP contribution in [0.2, 0.25) is 0 Å². The van der Waals surface area contributed by atoms with Gasteiger partial charge in [-0.05, 0) is 91.5 Å². The fraction of sp³-hybridized carbons (Fsp3) is 0.294. The van der Waals surface area contributed by atoms with E-state index in [1.807, 2.05) is 0 Å². The van der Waals surface area contributed by atoms with Crippen LogP contribution in [0.3, 0.4) is 0 Å². The van der Waals surface area contributed by atoms with Crippen LogP contribution < -0.4 is 26.2 Å². The molecule has 2 atom stereocenters. The first-order valence-corrected chi connectivity index (χ1v) is 14.0. The first-order valence-electron chi connectivity index (χ1n) is 14.0. The molecular formula is C34H33BN2. The Kier molecular flexibility index (Phi) is 4.15. The lowest BCUT2D eigenvalue weighted by atomic mass is 9.32. The number of aryl methyl sites for hydroxylation is 2. The van der Waals surface area contributed by atoms with Crippen LogP contribution in [0.25, 0.3) is 0 Å². The van der Waals surface area contributed by atoms with Gasteiger partial charge in [-0.1, -0.05) is 73.9 Å². The molecule has 4 aliphatic rings. The zero-order valence-electron chi connectivity index (χ0n) is 22.3. The van der Waals surface area contributed by atoms with Gasteiger partial charge in [0.15, 0.2) is 0 Å². The Bertz CT molecular complexity index is 1610. The van der Waals surface area contributed by atoms with Gasteiger partial charge >= 0.3 is 0 Å². The lowest BCUT2D eigenvalue weighted by Gasteiger charge is -2.52. The number of rotatable bonds is 1. The normalized spacial score (nSPS) is 24.4. The predicted octanol–water partition coefficient (Wildman–Crippen LogP) is 6.66. The lowest BCUT2D eigenvalue weighted by Crippen LogP contribution is -2.65. The Morgan fingerprint density at radius 1 is 0.703 bits per heavy atom. The minimum Gasteiger partial charge on any atom is -0.335 e. The summed E-state index contributed by atoms with van der Waals surface area (Å²) in [5.41, 5.74) is 16.0. The molecule has 4 aromatic rings. The quantitative estimate of drug-likeness (QED) is 0.248. The second-order valence-corrected chi connectivity index (χ2v) is 12.2. The van der Waals surface area contributed by atoms with E-state index in [9.17, 15) is 0 Å². The molecule has 1 saturated carbocycles. The van der Waals surface area contributed by atoms with Gasteiger partial charge in [-0.3, -0.25) is 0 Å². The van der Waals surface area contributed by atoms with Crippen molar-refractivity contribution in [3.05, 3.63) is 95.6 Å². The summed E-state index contributed by atoms with van der Waals surface area (Å²) in [6, 6.07) is 29.6. The third kappa shape index (κ3) is 2.44. The summed E-state index contributed by atoms with van der Waals surface area (Å²) in [7, 11) is 0. The maximum atomic E-state index is 2.82. The summed E-state index contributed by atoms with van der Waals surface area (Å²) in [6.45, 7) is 10.1. The molecule has 0 radical (unpaired) electrons. The number of para-hydroxylation sites is 2. The molecule has 0 amide bonds. The van der Waals surface area contributed by atoms with Gasteiger partial charge in [0.2, 0.25) is 0 Å². The molecule has 8 rings (SSSR count). The van der Waals surface area contributed by atoms with Gasteiger partial charge in [-0.25, -0.2) is 0 Å². The van der Waals surface area contributed by atoms with Crippen LogP contribution >= 0.6 is 0 Å². The number of anilines is 5. The van der Waals surface area contributed by atoms with Crippen molar-refractivity contribution in [3.63, 3.8) is 0 Å². The molecule has 3 heterocycles. The standard InChI is InChI=1S/C34H33BN2/c1-22-21-23(2)30-32-29(22)33(3)19-10-11-20-34(33,4)37(32)28-18-12-17-27-31(28)35(30)25-15-8-9-16-26(25)36(27)24-13-6-5-7-14-24/h5-9,12-18,21H,10-11,19-20H2,1-4H3. The summed E-state index contributed by atoms with van der Waals surface area (Å²) in [5, 5.41) is 0. The summed E-state index contributed by atoms with van der Waals surface area (Å²) in [5.74, 6) is 0. The number of hydrogen-bond acceptors (Lipinski definition) is 2. The van der Waals surface area contributed by atoms with Gasteiger partial charge in [-0.2, -0.15) is 0 Å². The Labute approximate surface area is 221 Å². The van der Waals surface area contributed by atoms with Gasteiger partial charge in [0, 0.05) is 33.9 Å². The van der Waals surface area contributed by atoms with Crippen LogP contribution in [0.1, 0.15) is 56.2 Å². The largest absolute Gasteiger partial charge is 0.335 e. The third-order valence-corrected chi connectivity index (χ3v) is 10.4. The van der Waals surface area contributed by atoms with Gasteiger partial charge in [0.05, 0.1) is 5.54 Å². The van der Waals surface area contributed by atoms with Crippen LogP contribution in [-0.4, -0.2) is 12.3 Å². The maximum absolute atomic E-state index is 2.82. The van der Waals surface area contributed by atoms with E-state index in [0.717, 1.165) is 0 Å². The SMILES string of the molecule is Cc1cc(C)c2c3c1B1c4ccccc4N(c4ccccc4)c4cccc(c41)N3C1(C)CCCCC21C. The van der Waals surface area contributed by atoms with Crippen molar-refractivity contribution >= 4 is 51.5 Å². The highest BCUT2D eigenvalue weighted by atomic mass is 15.3. The van der Waals surface area contributed by atoms with Crippen LogP contribution in [0.5, 0.6) is 0 Å². The Morgan fingerprint density at radius 3 is 2.24 bits per heavy atom. The zero-order chi connectivity index (χ0) is 25.1. The molecule has 182 valence electrons. The molecule has 2 unspecified atom stereocenters. The summed E-state index contributed by atoms with van der Waals surface area (Å²) in [6.07, 6.45) is 5.14. The van der Waals surface area contributed by atoms with E-state index in [-0.39, 0.29) is 17.7 Å². The van der Waals surface area contributed by atoms with Gasteiger partial charge in [-0.15, -0.1) is 0 Å². The van der Waals surface area contributed by atoms with Crippen LogP contribution in [0, 0.1) is 13.8 Å². The average Bonchev–Trinajstić information content (AvgIpc) is 3.13. The van der Waals surface area contributed by atoms with E-state index in [4.69, 9.17) is 0 Å². The topological polar surface area (TPSA) is 6.48 Å². The minimum absolute atomic E-state index is 0.0789. The molecule has 0 N–H and O–H groups in total. The van der Waals surface area contributed by atoms with E-state index >= 15 is 0 Å². The van der Waals surface area contributed by atoms with Crippen molar-refractivity contribution < 1.29 is 0 Å². The fourth-order valence-corrected chi connectivity index (χ4v) is 8.76. The predicted molar refractivity (Wildman–Crippen MR) is 158 cm³/mol. The molecule has 3 aliphatic heterocycles. The maximum Gasteiger partial charge on any atom is 0.252 e. The summed E-state index contributed by atoms with van der Waals surface area (Å²) < 4.78 is 0. The van der Waals surface area contributed by atoms with Gasteiger partial charge in [0.25, 0.3) is 6.71 Å². The van der Waals surface area contributed by atoms with Crippen molar-refractivity contribution in [2.45, 2.75) is 64.3 Å². The van der Waals surface area contributed by atoms with Crippen molar-refractivity contribution in [2.75, 3.05) is 9.80 Å². The molecule has 0 bridgehead atoms. The van der Waals surface area contributed by atoms with E-state index in [0.29, 0.717) is 0 Å². The summed E-state index contributed by atoms with van der Waals surface area (Å²) >= 11 is 0. The highest BCUT2D eigenvalue weighted by Crippen LogP contribution is 2.62. The Hall–Kier alpha value is -3.46. The van der Waals surface area contributed by atoms with Gasteiger partial charge < -0.3 is 9.80 Å². The molecule has 3 heteroatoms. The minimum atomic E-state index is 0.0789. The fourth-order valence-electron chi connectivity index (χ4n) is 8.76. The van der Waals surface area contributed by atoms with Crippen LogP contribution in [0.15, 0.2) is 78.9 Å². The number of benzene rings is 4. The Morgan fingerprint density at radius 2 is 1.41 bits per heavy atom. The molecule has 0 saturated heterocycles. The first-order chi connectivity index (χ1) is 18.0. The third-order valence-electron chi connectivity index (χ3n) is 10.4. The first kappa shape index (κ1) is 21.6. The zero-order valence-corrected chi connectivity index (χ0v) is 22.3. The van der Waals surface area contributed by atoms with Gasteiger partial charge in [0.1, 0.15) is 0 Å². The van der Waals surface area contributed by atoms with Crippen LogP contribution in [-0.2, 0) is 5.41 Å². The van der Waals surface area contributed by atoms with E-state index in [2.05, 4.69) is 116 Å². The monoisotopic (exact) mass is 480 g/mol. The molecule has 4 aromatic carbocycles. The summed E-state index contributed by atoms with van der Waals surface area (Å²) in [4.78, 5) is 5.32. The number of nitrogens with zero attached hydrogens (tertiary/aromatic N) is 2. The molecule has 1 fully saturated rings. The molecular weight excluding hydrogens is 447 g/mol. The number of hydrogen-bond donors (Lipinski definition) is 0. The van der Waals surface area contributed by atoms with Crippen molar-refractivity contribution in [2.24, 2.45) is 0 Å². The van der Waals surface area contributed by atoms with Crippen LogP contribution in [0.4, 0.5) is 28.4 Å². The van der Waals surface area contributed by atoms with E-state index in [1.54, 1.807) is 5.56 Å². The smallest absolute Gasteiger partial charge is 0.252 e. The Balaban J connectivity index is 1.52. The van der Waals surface area contributed by atoms with E-state index < -0.39 is 0 Å². The molecule has 1 aliphatic carbocycles. The second kappa shape index (κ2) is 7.10. The van der Waals surface area contributed by atoms with E-state index in [1.165, 1.54) is 81.6 Å². The average molecular weight is 480 g/mol. The number of fused-ring (bicyclic) bond motifs is 7. The molecule has 0 aromatic heterocycles.